The van der Waals surface area contributed by atoms with Gasteiger partial charge in [-0.05, 0) is 84.7 Å². The Balaban J connectivity index is 1.70. The van der Waals surface area contributed by atoms with Crippen molar-refractivity contribution in [3.8, 4) is 0 Å². The van der Waals surface area contributed by atoms with E-state index < -0.39 is 5.60 Å². The maximum Gasteiger partial charge on any atom is 0.410 e. The van der Waals surface area contributed by atoms with E-state index in [1.165, 1.54) is 45.2 Å². The van der Waals surface area contributed by atoms with Gasteiger partial charge in [0, 0.05) is 18.6 Å². The number of hydrogen-bond donors (Lipinski definition) is 0. The van der Waals surface area contributed by atoms with E-state index in [2.05, 4.69) is 9.80 Å². The molecule has 1 aliphatic carbocycles. The van der Waals surface area contributed by atoms with Crippen LogP contribution in [-0.4, -0.2) is 53.2 Å². The zero-order valence-electron chi connectivity index (χ0n) is 14.5. The van der Waals surface area contributed by atoms with Crippen LogP contribution in [0.1, 0.15) is 65.7 Å². The summed E-state index contributed by atoms with van der Waals surface area (Å²) in [4.78, 5) is 17.3. The highest BCUT2D eigenvalue weighted by molar-refractivity contribution is 5.68. The van der Waals surface area contributed by atoms with Crippen LogP contribution in [0, 0.1) is 5.92 Å². The molecule has 0 spiro atoms. The third-order valence-electron chi connectivity index (χ3n) is 5.56. The first-order valence-electron chi connectivity index (χ1n) is 9.19. The van der Waals surface area contributed by atoms with Gasteiger partial charge in [-0.2, -0.15) is 0 Å². The molecular weight excluding hydrogens is 276 g/mol. The van der Waals surface area contributed by atoms with Crippen LogP contribution in [0.2, 0.25) is 0 Å². The molecular formula is C18H32N2O2. The highest BCUT2D eigenvalue weighted by atomic mass is 16.6. The topological polar surface area (TPSA) is 32.8 Å². The van der Waals surface area contributed by atoms with Crippen molar-refractivity contribution in [1.29, 1.82) is 0 Å². The fourth-order valence-corrected chi connectivity index (χ4v) is 4.73. The Bertz CT molecular complexity index is 398. The van der Waals surface area contributed by atoms with Crippen molar-refractivity contribution in [2.75, 3.05) is 19.6 Å². The van der Waals surface area contributed by atoms with Crippen molar-refractivity contribution in [2.24, 2.45) is 5.92 Å². The van der Waals surface area contributed by atoms with Gasteiger partial charge in [-0.15, -0.1) is 0 Å². The molecule has 0 radical (unpaired) electrons. The van der Waals surface area contributed by atoms with E-state index in [0.717, 1.165) is 19.4 Å². The largest absolute Gasteiger partial charge is 0.444 e. The molecule has 3 aliphatic rings. The van der Waals surface area contributed by atoms with Crippen molar-refractivity contribution in [2.45, 2.75) is 83.4 Å². The fourth-order valence-electron chi connectivity index (χ4n) is 4.73. The summed E-state index contributed by atoms with van der Waals surface area (Å²) >= 11 is 0. The van der Waals surface area contributed by atoms with Gasteiger partial charge in [0.25, 0.3) is 0 Å². The number of hydrogen-bond acceptors (Lipinski definition) is 3. The number of ether oxygens (including phenoxy) is 1. The molecule has 2 saturated heterocycles. The highest BCUT2D eigenvalue weighted by Gasteiger charge is 2.44. The van der Waals surface area contributed by atoms with Gasteiger partial charge in [-0.3, -0.25) is 0 Å². The van der Waals surface area contributed by atoms with Crippen LogP contribution in [0.5, 0.6) is 0 Å². The number of likely N-dealkylation sites (tertiary alicyclic amines) is 2. The van der Waals surface area contributed by atoms with Gasteiger partial charge in [-0.25, -0.2) is 4.79 Å². The van der Waals surface area contributed by atoms with E-state index in [1.54, 1.807) is 0 Å². The Morgan fingerprint density at radius 2 is 1.59 bits per heavy atom. The third kappa shape index (κ3) is 3.42. The molecule has 0 aromatic carbocycles. The van der Waals surface area contributed by atoms with Crippen LogP contribution in [0.15, 0.2) is 0 Å². The van der Waals surface area contributed by atoms with E-state index in [1.807, 2.05) is 20.8 Å². The van der Waals surface area contributed by atoms with Crippen molar-refractivity contribution >= 4 is 6.09 Å². The van der Waals surface area contributed by atoms with Crippen LogP contribution >= 0.6 is 0 Å². The molecule has 2 aliphatic heterocycles. The molecule has 1 saturated carbocycles. The number of nitrogens with zero attached hydrogens (tertiary/aromatic N) is 2. The second-order valence-electron chi connectivity index (χ2n) is 8.29. The molecule has 4 heteroatoms. The summed E-state index contributed by atoms with van der Waals surface area (Å²) in [7, 11) is 0. The van der Waals surface area contributed by atoms with Crippen molar-refractivity contribution in [3.05, 3.63) is 0 Å². The van der Waals surface area contributed by atoms with E-state index in [4.69, 9.17) is 4.74 Å². The molecule has 22 heavy (non-hydrogen) atoms. The summed E-state index contributed by atoms with van der Waals surface area (Å²) in [6.07, 6.45) is 8.76. The highest BCUT2D eigenvalue weighted by Crippen LogP contribution is 2.39. The van der Waals surface area contributed by atoms with E-state index >= 15 is 0 Å². The minimum Gasteiger partial charge on any atom is -0.444 e. The summed E-state index contributed by atoms with van der Waals surface area (Å²) in [5, 5.41) is 0. The average Bonchev–Trinajstić information content (AvgIpc) is 2.98. The molecule has 3 atom stereocenters. The monoisotopic (exact) mass is 308 g/mol. The quantitative estimate of drug-likeness (QED) is 0.741. The minimum absolute atomic E-state index is 0.0933. The second kappa shape index (κ2) is 6.38. The number of fused-ring (bicyclic) bond motifs is 1. The first kappa shape index (κ1) is 16.1. The van der Waals surface area contributed by atoms with Crippen LogP contribution in [0.4, 0.5) is 4.79 Å². The van der Waals surface area contributed by atoms with Crippen molar-refractivity contribution in [3.63, 3.8) is 0 Å². The molecule has 3 fully saturated rings. The van der Waals surface area contributed by atoms with E-state index in [-0.39, 0.29) is 6.09 Å². The molecule has 3 rings (SSSR count). The summed E-state index contributed by atoms with van der Waals surface area (Å²) in [6.45, 7) is 9.28. The number of carbonyl (C=O) groups is 1. The molecule has 0 aromatic heterocycles. The van der Waals surface area contributed by atoms with Gasteiger partial charge >= 0.3 is 6.09 Å². The number of piperidine rings is 1. The lowest BCUT2D eigenvalue weighted by atomic mass is 9.74. The first-order chi connectivity index (χ1) is 10.5. The summed E-state index contributed by atoms with van der Waals surface area (Å²) in [6, 6.07) is 1.11. The normalized spacial score (nSPS) is 33.6. The molecule has 2 heterocycles. The summed E-state index contributed by atoms with van der Waals surface area (Å²) in [5.74, 6) is 0.660. The molecule has 1 amide bonds. The van der Waals surface area contributed by atoms with Gasteiger partial charge < -0.3 is 14.5 Å². The second-order valence-corrected chi connectivity index (χ2v) is 8.29. The minimum atomic E-state index is -0.396. The summed E-state index contributed by atoms with van der Waals surface area (Å²) in [5.41, 5.74) is -0.396. The SMILES string of the molecule is CC(C)(C)OC(=O)N1CCC[C@H]2[C@H](N3CCCC3)CCC[C@H]21. The zero-order chi connectivity index (χ0) is 15.7. The molecule has 0 unspecified atom stereocenters. The molecule has 0 N–H and O–H groups in total. The van der Waals surface area contributed by atoms with Crippen molar-refractivity contribution < 1.29 is 9.53 Å². The Morgan fingerprint density at radius 1 is 0.909 bits per heavy atom. The van der Waals surface area contributed by atoms with Crippen LogP contribution in [0.25, 0.3) is 0 Å². The Morgan fingerprint density at radius 3 is 2.27 bits per heavy atom. The lowest BCUT2D eigenvalue weighted by Gasteiger charge is -2.49. The molecule has 0 aromatic rings. The van der Waals surface area contributed by atoms with Crippen molar-refractivity contribution in [1.82, 2.24) is 9.80 Å². The zero-order valence-corrected chi connectivity index (χ0v) is 14.5. The fraction of sp³-hybridized carbons (Fsp3) is 0.944. The maximum atomic E-state index is 12.6. The smallest absolute Gasteiger partial charge is 0.410 e. The summed E-state index contributed by atoms with van der Waals surface area (Å²) < 4.78 is 5.66. The first-order valence-corrected chi connectivity index (χ1v) is 9.19. The number of carbonyl (C=O) groups excluding carboxylic acids is 1. The Labute approximate surface area is 135 Å². The van der Waals surface area contributed by atoms with Gasteiger partial charge in [0.15, 0.2) is 0 Å². The number of rotatable bonds is 1. The van der Waals surface area contributed by atoms with E-state index in [9.17, 15) is 4.79 Å². The predicted molar refractivity (Wildman–Crippen MR) is 87.9 cm³/mol. The number of amides is 1. The van der Waals surface area contributed by atoms with Gasteiger partial charge in [0.05, 0.1) is 0 Å². The average molecular weight is 308 g/mol. The lowest BCUT2D eigenvalue weighted by molar-refractivity contribution is -0.0258. The standard InChI is InChI=1S/C18H32N2O2/c1-18(2,3)22-17(21)20-13-7-8-14-15(9-6-10-16(14)20)19-11-4-5-12-19/h14-16H,4-13H2,1-3H3/t14-,15+,16+/m0/s1. The molecule has 0 bridgehead atoms. The van der Waals surface area contributed by atoms with Crippen LogP contribution in [-0.2, 0) is 4.74 Å². The van der Waals surface area contributed by atoms with Crippen LogP contribution < -0.4 is 0 Å². The van der Waals surface area contributed by atoms with E-state index in [0.29, 0.717) is 18.0 Å². The Kier molecular flexibility index (Phi) is 4.67. The van der Waals surface area contributed by atoms with Gasteiger partial charge in [0.1, 0.15) is 5.60 Å². The Hall–Kier alpha value is -0.770. The molecule has 126 valence electrons. The molecule has 4 nitrogen and oxygen atoms in total. The van der Waals surface area contributed by atoms with Gasteiger partial charge in [-0.1, -0.05) is 0 Å². The van der Waals surface area contributed by atoms with Crippen LogP contribution in [0.3, 0.4) is 0 Å². The maximum absolute atomic E-state index is 12.6. The predicted octanol–water partition coefficient (Wildman–Crippen LogP) is 3.65. The third-order valence-corrected chi connectivity index (χ3v) is 5.56. The van der Waals surface area contributed by atoms with Gasteiger partial charge in [0.2, 0.25) is 0 Å². The lowest BCUT2D eigenvalue weighted by Crippen LogP contribution is -2.57.